The first-order valence-corrected chi connectivity index (χ1v) is 7.54. The molecule has 2 atom stereocenters. The number of amides is 1. The Hall–Kier alpha value is -1.29. The Morgan fingerprint density at radius 1 is 1.42 bits per heavy atom. The number of thioether (sulfide) groups is 1. The van der Waals surface area contributed by atoms with Gasteiger partial charge in [-0.2, -0.15) is 0 Å². The standard InChI is InChI=1S/C15H19NO2S/c1-11(14-6-4-3-5-7-14)16-9-13(8-15(16)18)10-19-12(2)17/h3-7,11,13H,8-10H2,1-2H3/t11-,13?/m0/s1. The smallest absolute Gasteiger partial charge is 0.223 e. The second kappa shape index (κ2) is 6.24. The lowest BCUT2D eigenvalue weighted by Crippen LogP contribution is -2.28. The molecule has 0 aromatic heterocycles. The summed E-state index contributed by atoms with van der Waals surface area (Å²) in [7, 11) is 0. The number of carbonyl (C=O) groups excluding carboxylic acids is 2. The molecule has 1 aliphatic rings. The van der Waals surface area contributed by atoms with Gasteiger partial charge in [-0.05, 0) is 18.4 Å². The van der Waals surface area contributed by atoms with Gasteiger partial charge < -0.3 is 4.90 Å². The minimum Gasteiger partial charge on any atom is -0.336 e. The Bertz CT molecular complexity index is 460. The van der Waals surface area contributed by atoms with Gasteiger partial charge in [0.15, 0.2) is 5.12 Å². The van der Waals surface area contributed by atoms with E-state index in [2.05, 4.69) is 19.1 Å². The molecule has 1 aromatic rings. The zero-order valence-electron chi connectivity index (χ0n) is 11.3. The molecule has 1 unspecified atom stereocenters. The molecular formula is C15H19NO2S. The van der Waals surface area contributed by atoms with Gasteiger partial charge in [-0.25, -0.2) is 0 Å². The Labute approximate surface area is 118 Å². The molecule has 4 heteroatoms. The highest BCUT2D eigenvalue weighted by molar-refractivity contribution is 8.13. The normalized spacial score (nSPS) is 20.6. The molecule has 1 aliphatic heterocycles. The maximum atomic E-state index is 12.1. The third-order valence-electron chi connectivity index (χ3n) is 3.51. The zero-order chi connectivity index (χ0) is 13.8. The quantitative estimate of drug-likeness (QED) is 0.849. The van der Waals surface area contributed by atoms with E-state index < -0.39 is 0 Å². The monoisotopic (exact) mass is 277 g/mol. The van der Waals surface area contributed by atoms with Gasteiger partial charge in [-0.1, -0.05) is 42.1 Å². The van der Waals surface area contributed by atoms with Crippen molar-refractivity contribution in [1.29, 1.82) is 0 Å². The molecule has 1 heterocycles. The van der Waals surface area contributed by atoms with Crippen LogP contribution in [-0.4, -0.2) is 28.2 Å². The van der Waals surface area contributed by atoms with E-state index in [1.807, 2.05) is 23.1 Å². The van der Waals surface area contributed by atoms with E-state index in [1.165, 1.54) is 11.8 Å². The van der Waals surface area contributed by atoms with Gasteiger partial charge in [-0.15, -0.1) is 0 Å². The van der Waals surface area contributed by atoms with Crippen molar-refractivity contribution in [3.63, 3.8) is 0 Å². The van der Waals surface area contributed by atoms with Gasteiger partial charge in [0.2, 0.25) is 5.91 Å². The van der Waals surface area contributed by atoms with Crippen LogP contribution in [0.3, 0.4) is 0 Å². The van der Waals surface area contributed by atoms with Crippen LogP contribution in [0.4, 0.5) is 0 Å². The van der Waals surface area contributed by atoms with Crippen LogP contribution in [0.1, 0.15) is 31.9 Å². The van der Waals surface area contributed by atoms with Crippen LogP contribution in [0.5, 0.6) is 0 Å². The van der Waals surface area contributed by atoms with Crippen molar-refractivity contribution in [2.24, 2.45) is 5.92 Å². The first kappa shape index (κ1) is 14.1. The van der Waals surface area contributed by atoms with E-state index >= 15 is 0 Å². The summed E-state index contributed by atoms with van der Waals surface area (Å²) in [4.78, 5) is 25.0. The molecule has 0 N–H and O–H groups in total. The van der Waals surface area contributed by atoms with Crippen LogP contribution in [-0.2, 0) is 9.59 Å². The summed E-state index contributed by atoms with van der Waals surface area (Å²) in [6.07, 6.45) is 0.567. The zero-order valence-corrected chi connectivity index (χ0v) is 12.2. The molecule has 1 saturated heterocycles. The third-order valence-corrected chi connectivity index (χ3v) is 4.55. The van der Waals surface area contributed by atoms with Gasteiger partial charge in [0.25, 0.3) is 0 Å². The van der Waals surface area contributed by atoms with Gasteiger partial charge in [-0.3, -0.25) is 9.59 Å². The first-order valence-electron chi connectivity index (χ1n) is 6.55. The predicted molar refractivity (Wildman–Crippen MR) is 77.8 cm³/mol. The average molecular weight is 277 g/mol. The fraction of sp³-hybridized carbons (Fsp3) is 0.467. The number of hydrogen-bond donors (Lipinski definition) is 0. The number of likely N-dealkylation sites (tertiary alicyclic amines) is 1. The Balaban J connectivity index is 1.98. The van der Waals surface area contributed by atoms with Gasteiger partial charge >= 0.3 is 0 Å². The Kier molecular flexibility index (Phi) is 4.64. The summed E-state index contributed by atoms with van der Waals surface area (Å²) in [6.45, 7) is 4.40. The predicted octanol–water partition coefficient (Wildman–Crippen LogP) is 2.88. The van der Waals surface area contributed by atoms with Crippen molar-refractivity contribution >= 4 is 22.8 Å². The summed E-state index contributed by atoms with van der Waals surface area (Å²) >= 11 is 1.32. The topological polar surface area (TPSA) is 37.4 Å². The highest BCUT2D eigenvalue weighted by Crippen LogP contribution is 2.29. The van der Waals surface area contributed by atoms with Gasteiger partial charge in [0.05, 0.1) is 6.04 Å². The van der Waals surface area contributed by atoms with Crippen LogP contribution in [0.15, 0.2) is 30.3 Å². The Morgan fingerprint density at radius 3 is 2.74 bits per heavy atom. The number of nitrogens with zero attached hydrogens (tertiary/aromatic N) is 1. The fourth-order valence-corrected chi connectivity index (χ4v) is 3.13. The molecule has 19 heavy (non-hydrogen) atoms. The van der Waals surface area contributed by atoms with Crippen LogP contribution < -0.4 is 0 Å². The van der Waals surface area contributed by atoms with Gasteiger partial charge in [0, 0.05) is 25.6 Å². The number of carbonyl (C=O) groups is 2. The number of benzene rings is 1. The summed E-state index contributed by atoms with van der Waals surface area (Å²) in [5.74, 6) is 1.25. The largest absolute Gasteiger partial charge is 0.336 e. The molecule has 1 amide bonds. The molecule has 0 saturated carbocycles. The lowest BCUT2D eigenvalue weighted by molar-refractivity contribution is -0.129. The third kappa shape index (κ3) is 3.60. The van der Waals surface area contributed by atoms with Crippen molar-refractivity contribution in [2.45, 2.75) is 26.3 Å². The SMILES string of the molecule is CC(=O)SCC1CC(=O)N([C@@H](C)c2ccccc2)C1. The summed E-state index contributed by atoms with van der Waals surface area (Å²) < 4.78 is 0. The summed E-state index contributed by atoms with van der Waals surface area (Å²) in [6, 6.07) is 10.2. The fourth-order valence-electron chi connectivity index (χ4n) is 2.44. The molecule has 3 nitrogen and oxygen atoms in total. The molecule has 1 aromatic carbocycles. The van der Waals surface area contributed by atoms with E-state index in [0.29, 0.717) is 12.3 Å². The molecule has 0 spiro atoms. The van der Waals surface area contributed by atoms with Crippen molar-refractivity contribution < 1.29 is 9.59 Å². The van der Waals surface area contributed by atoms with Crippen LogP contribution >= 0.6 is 11.8 Å². The summed E-state index contributed by atoms with van der Waals surface area (Å²) in [5.41, 5.74) is 1.16. The van der Waals surface area contributed by atoms with E-state index in [1.54, 1.807) is 6.92 Å². The van der Waals surface area contributed by atoms with E-state index in [4.69, 9.17) is 0 Å². The molecular weight excluding hydrogens is 258 g/mol. The molecule has 2 rings (SSSR count). The molecule has 1 fully saturated rings. The van der Waals surface area contributed by atoms with E-state index in [9.17, 15) is 9.59 Å². The minimum absolute atomic E-state index is 0.112. The number of hydrogen-bond acceptors (Lipinski definition) is 3. The van der Waals surface area contributed by atoms with Crippen molar-refractivity contribution in [1.82, 2.24) is 4.90 Å². The summed E-state index contributed by atoms with van der Waals surface area (Å²) in [5, 5.41) is 0.127. The van der Waals surface area contributed by atoms with Crippen LogP contribution in [0.2, 0.25) is 0 Å². The second-order valence-corrected chi connectivity index (χ2v) is 6.20. The van der Waals surface area contributed by atoms with Crippen molar-refractivity contribution in [2.75, 3.05) is 12.3 Å². The van der Waals surface area contributed by atoms with Crippen LogP contribution in [0.25, 0.3) is 0 Å². The van der Waals surface area contributed by atoms with Crippen molar-refractivity contribution in [3.05, 3.63) is 35.9 Å². The first-order chi connectivity index (χ1) is 9.08. The van der Waals surface area contributed by atoms with Gasteiger partial charge in [0.1, 0.15) is 0 Å². The van der Waals surface area contributed by atoms with Crippen LogP contribution in [0, 0.1) is 5.92 Å². The highest BCUT2D eigenvalue weighted by atomic mass is 32.2. The molecule has 0 radical (unpaired) electrons. The molecule has 102 valence electrons. The number of rotatable bonds is 4. The van der Waals surface area contributed by atoms with Crippen molar-refractivity contribution in [3.8, 4) is 0 Å². The molecule has 0 aliphatic carbocycles. The molecule has 0 bridgehead atoms. The Morgan fingerprint density at radius 2 is 2.11 bits per heavy atom. The average Bonchev–Trinajstić information content (AvgIpc) is 2.78. The highest BCUT2D eigenvalue weighted by Gasteiger charge is 2.33. The lowest BCUT2D eigenvalue weighted by atomic mass is 10.1. The maximum absolute atomic E-state index is 12.1. The minimum atomic E-state index is 0.112. The lowest BCUT2D eigenvalue weighted by Gasteiger charge is -2.25. The maximum Gasteiger partial charge on any atom is 0.223 e. The second-order valence-electron chi connectivity index (χ2n) is 5.01. The van der Waals surface area contributed by atoms with E-state index in [0.717, 1.165) is 17.9 Å². The van der Waals surface area contributed by atoms with E-state index in [-0.39, 0.29) is 17.1 Å².